The van der Waals surface area contributed by atoms with E-state index < -0.39 is 0 Å². The zero-order valence-corrected chi connectivity index (χ0v) is 6.30. The second-order valence-corrected chi connectivity index (χ2v) is 2.99. The van der Waals surface area contributed by atoms with Gasteiger partial charge in [-0.1, -0.05) is 0 Å². The van der Waals surface area contributed by atoms with Gasteiger partial charge in [0.15, 0.2) is 10.7 Å². The number of pyridine rings is 1. The largest absolute Gasteiger partial charge is 0.236 e. The minimum Gasteiger partial charge on any atom is -0.236 e. The number of nitriles is 1. The summed E-state index contributed by atoms with van der Waals surface area (Å²) in [5.74, 6) is 0. The van der Waals surface area contributed by atoms with Crippen LogP contribution in [0.25, 0.3) is 10.3 Å². The lowest BCUT2D eigenvalue weighted by atomic mass is 10.5. The molecule has 52 valence electrons. The molecule has 0 N–H and O–H groups in total. The fourth-order valence-electron chi connectivity index (χ4n) is 0.817. The van der Waals surface area contributed by atoms with Crippen molar-refractivity contribution in [2.24, 2.45) is 0 Å². The third-order valence-corrected chi connectivity index (χ3v) is 2.18. The van der Waals surface area contributed by atoms with Crippen LogP contribution >= 0.6 is 11.3 Å². The summed E-state index contributed by atoms with van der Waals surface area (Å²) in [5, 5.41) is 8.98. The molecule has 0 fully saturated rings. The Labute approximate surface area is 67.0 Å². The lowest BCUT2D eigenvalue weighted by Crippen LogP contribution is -1.73. The van der Waals surface area contributed by atoms with Crippen molar-refractivity contribution in [2.45, 2.75) is 0 Å². The van der Waals surface area contributed by atoms with E-state index in [4.69, 9.17) is 5.26 Å². The Morgan fingerprint density at radius 3 is 3.18 bits per heavy atom. The van der Waals surface area contributed by atoms with Gasteiger partial charge in [0.1, 0.15) is 6.07 Å². The fourth-order valence-corrected chi connectivity index (χ4v) is 1.54. The number of rotatable bonds is 0. The summed E-state index contributed by atoms with van der Waals surface area (Å²) in [6.45, 7) is 0. The number of aromatic nitrogens is 2. The van der Waals surface area contributed by atoms with Gasteiger partial charge in [0, 0.05) is 6.20 Å². The SMILES string of the molecule is N#Cc1nc2ncccc2s1. The van der Waals surface area contributed by atoms with E-state index in [1.165, 1.54) is 11.3 Å². The molecule has 0 spiro atoms. The van der Waals surface area contributed by atoms with Crippen LogP contribution in [0.5, 0.6) is 0 Å². The van der Waals surface area contributed by atoms with Crippen LogP contribution in [0.4, 0.5) is 0 Å². The molecule has 0 saturated carbocycles. The minimum absolute atomic E-state index is 0.471. The lowest BCUT2D eigenvalue weighted by Gasteiger charge is -1.79. The van der Waals surface area contributed by atoms with E-state index in [0.717, 1.165) is 4.70 Å². The second kappa shape index (κ2) is 2.29. The maximum atomic E-state index is 8.51. The summed E-state index contributed by atoms with van der Waals surface area (Å²) < 4.78 is 0.962. The van der Waals surface area contributed by atoms with Crippen molar-refractivity contribution in [2.75, 3.05) is 0 Å². The molecule has 4 heteroatoms. The van der Waals surface area contributed by atoms with Crippen LogP contribution < -0.4 is 0 Å². The van der Waals surface area contributed by atoms with Gasteiger partial charge in [0.2, 0.25) is 0 Å². The van der Waals surface area contributed by atoms with Gasteiger partial charge in [-0.15, -0.1) is 11.3 Å². The van der Waals surface area contributed by atoms with Gasteiger partial charge >= 0.3 is 0 Å². The molecule has 0 aliphatic heterocycles. The highest BCUT2D eigenvalue weighted by Crippen LogP contribution is 2.18. The minimum atomic E-state index is 0.471. The number of thiazole rings is 1. The number of nitrogens with zero attached hydrogens (tertiary/aromatic N) is 3. The number of fused-ring (bicyclic) bond motifs is 1. The van der Waals surface area contributed by atoms with Crippen molar-refractivity contribution < 1.29 is 0 Å². The van der Waals surface area contributed by atoms with Crippen molar-refractivity contribution in [3.63, 3.8) is 0 Å². The molecule has 0 aliphatic carbocycles. The zero-order chi connectivity index (χ0) is 7.68. The first kappa shape index (κ1) is 6.25. The van der Waals surface area contributed by atoms with Gasteiger partial charge in [-0.05, 0) is 12.1 Å². The lowest BCUT2D eigenvalue weighted by molar-refractivity contribution is 1.30. The topological polar surface area (TPSA) is 49.6 Å². The van der Waals surface area contributed by atoms with Crippen molar-refractivity contribution >= 4 is 21.7 Å². The molecular formula is C7H3N3S. The van der Waals surface area contributed by atoms with E-state index in [0.29, 0.717) is 10.7 Å². The molecule has 3 nitrogen and oxygen atoms in total. The van der Waals surface area contributed by atoms with Crippen molar-refractivity contribution in [1.82, 2.24) is 9.97 Å². The van der Waals surface area contributed by atoms with Crippen LogP contribution in [0.2, 0.25) is 0 Å². The Morgan fingerprint density at radius 2 is 2.45 bits per heavy atom. The molecule has 0 amide bonds. The van der Waals surface area contributed by atoms with Gasteiger partial charge in [-0.25, -0.2) is 9.97 Å². The molecule has 2 aromatic rings. The highest BCUT2D eigenvalue weighted by molar-refractivity contribution is 7.18. The summed E-state index contributed by atoms with van der Waals surface area (Å²) in [4.78, 5) is 7.98. The first-order valence-corrected chi connectivity index (χ1v) is 3.83. The van der Waals surface area contributed by atoms with Crippen LogP contribution in [0.3, 0.4) is 0 Å². The number of hydrogen-bond donors (Lipinski definition) is 0. The molecule has 2 aromatic heterocycles. The molecule has 2 heterocycles. The molecule has 0 radical (unpaired) electrons. The van der Waals surface area contributed by atoms with E-state index in [1.807, 2.05) is 18.2 Å². The monoisotopic (exact) mass is 161 g/mol. The standard InChI is InChI=1S/C7H3N3S/c8-4-6-10-7-5(11-6)2-1-3-9-7/h1-3H. The van der Waals surface area contributed by atoms with E-state index in [9.17, 15) is 0 Å². The quantitative estimate of drug-likeness (QED) is 0.589. The summed E-state index contributed by atoms with van der Waals surface area (Å²) in [6.07, 6.45) is 1.67. The summed E-state index contributed by atoms with van der Waals surface area (Å²) in [6, 6.07) is 5.72. The predicted molar refractivity (Wildman–Crippen MR) is 42.1 cm³/mol. The van der Waals surface area contributed by atoms with Crippen molar-refractivity contribution in [1.29, 1.82) is 5.26 Å². The van der Waals surface area contributed by atoms with Gasteiger partial charge < -0.3 is 0 Å². The van der Waals surface area contributed by atoms with Crippen LogP contribution in [0.15, 0.2) is 18.3 Å². The molecule has 2 rings (SSSR count). The van der Waals surface area contributed by atoms with Gasteiger partial charge in [-0.3, -0.25) is 0 Å². The average molecular weight is 161 g/mol. The molecule has 11 heavy (non-hydrogen) atoms. The first-order chi connectivity index (χ1) is 5.40. The maximum absolute atomic E-state index is 8.51. The van der Waals surface area contributed by atoms with E-state index >= 15 is 0 Å². The smallest absolute Gasteiger partial charge is 0.197 e. The Kier molecular flexibility index (Phi) is 1.30. The van der Waals surface area contributed by atoms with Crippen LogP contribution in [-0.2, 0) is 0 Å². The molecule has 0 atom stereocenters. The van der Waals surface area contributed by atoms with Gasteiger partial charge in [-0.2, -0.15) is 5.26 Å². The highest BCUT2D eigenvalue weighted by Gasteiger charge is 2.00. The van der Waals surface area contributed by atoms with E-state index in [2.05, 4.69) is 9.97 Å². The van der Waals surface area contributed by atoms with Crippen molar-refractivity contribution in [3.05, 3.63) is 23.3 Å². The molecule has 0 unspecified atom stereocenters. The number of hydrogen-bond acceptors (Lipinski definition) is 4. The van der Waals surface area contributed by atoms with E-state index in [1.54, 1.807) is 6.20 Å². The Balaban J connectivity index is 2.81. The van der Waals surface area contributed by atoms with Gasteiger partial charge in [0.25, 0.3) is 0 Å². The van der Waals surface area contributed by atoms with E-state index in [-0.39, 0.29) is 0 Å². The van der Waals surface area contributed by atoms with Crippen LogP contribution in [0, 0.1) is 11.3 Å². The Morgan fingerprint density at radius 1 is 1.55 bits per heavy atom. The molecule has 0 bridgehead atoms. The van der Waals surface area contributed by atoms with Crippen molar-refractivity contribution in [3.8, 4) is 6.07 Å². The normalized spacial score (nSPS) is 9.73. The van der Waals surface area contributed by atoms with Crippen LogP contribution in [-0.4, -0.2) is 9.97 Å². The summed E-state index contributed by atoms with van der Waals surface area (Å²) >= 11 is 1.36. The molecular weight excluding hydrogens is 158 g/mol. The Bertz CT molecular complexity index is 393. The summed E-state index contributed by atoms with van der Waals surface area (Å²) in [7, 11) is 0. The highest BCUT2D eigenvalue weighted by atomic mass is 32.1. The van der Waals surface area contributed by atoms with Gasteiger partial charge in [0.05, 0.1) is 4.70 Å². The third-order valence-electron chi connectivity index (χ3n) is 1.26. The molecule has 0 aromatic carbocycles. The Hall–Kier alpha value is -1.47. The second-order valence-electron chi connectivity index (χ2n) is 1.96. The predicted octanol–water partition coefficient (Wildman–Crippen LogP) is 1.56. The first-order valence-electron chi connectivity index (χ1n) is 3.02. The zero-order valence-electron chi connectivity index (χ0n) is 5.48. The van der Waals surface area contributed by atoms with Crippen LogP contribution in [0.1, 0.15) is 5.01 Å². The summed E-state index contributed by atoms with van der Waals surface area (Å²) in [5.41, 5.74) is 0.661. The molecule has 0 saturated heterocycles. The average Bonchev–Trinajstić information content (AvgIpc) is 2.46. The maximum Gasteiger partial charge on any atom is 0.197 e. The third kappa shape index (κ3) is 0.954. The molecule has 0 aliphatic rings. The fraction of sp³-hybridized carbons (Fsp3) is 0.